The van der Waals surface area contributed by atoms with Crippen LogP contribution in [0.1, 0.15) is 37.9 Å². The van der Waals surface area contributed by atoms with E-state index in [1.807, 2.05) is 0 Å². The van der Waals surface area contributed by atoms with Crippen LogP contribution in [0.4, 0.5) is 0 Å². The molecule has 1 saturated carbocycles. The number of aromatic nitrogens is 3. The van der Waals surface area contributed by atoms with Gasteiger partial charge in [0, 0.05) is 13.0 Å². The highest BCUT2D eigenvalue weighted by molar-refractivity contribution is 5.84. The highest BCUT2D eigenvalue weighted by Gasteiger charge is 2.35. The molecule has 3 N–H and O–H groups in total. The summed E-state index contributed by atoms with van der Waals surface area (Å²) in [6.45, 7) is 0.530. The van der Waals surface area contributed by atoms with E-state index in [2.05, 4.69) is 20.5 Å². The molecule has 0 radical (unpaired) electrons. The molecule has 0 unspecified atom stereocenters. The van der Waals surface area contributed by atoms with Gasteiger partial charge in [0.1, 0.15) is 12.2 Å². The van der Waals surface area contributed by atoms with Gasteiger partial charge in [0.05, 0.1) is 11.8 Å². The third-order valence-corrected chi connectivity index (χ3v) is 3.77. The zero-order valence-electron chi connectivity index (χ0n) is 11.3. The van der Waals surface area contributed by atoms with Gasteiger partial charge >= 0.3 is 5.97 Å². The maximum Gasteiger partial charge on any atom is 0.307 e. The molecule has 1 aromatic rings. The zero-order valence-corrected chi connectivity index (χ0v) is 11.3. The SMILES string of the molecule is O=C(O)[C@H]1CCCC[C@H]1C(=O)NCCCc1ncn[nH]1. The molecular weight excluding hydrogens is 260 g/mol. The van der Waals surface area contributed by atoms with Crippen molar-refractivity contribution in [2.75, 3.05) is 6.54 Å². The number of amides is 1. The summed E-state index contributed by atoms with van der Waals surface area (Å²) in [7, 11) is 0. The first-order valence-electron chi connectivity index (χ1n) is 7.03. The lowest BCUT2D eigenvalue weighted by Gasteiger charge is -2.27. The van der Waals surface area contributed by atoms with E-state index in [4.69, 9.17) is 5.11 Å². The summed E-state index contributed by atoms with van der Waals surface area (Å²) in [5.41, 5.74) is 0. The van der Waals surface area contributed by atoms with Gasteiger partial charge in [-0.2, -0.15) is 5.10 Å². The fraction of sp³-hybridized carbons (Fsp3) is 0.692. The van der Waals surface area contributed by atoms with Crippen molar-refractivity contribution in [3.63, 3.8) is 0 Å². The molecule has 1 aliphatic rings. The molecule has 20 heavy (non-hydrogen) atoms. The Morgan fingerprint density at radius 1 is 1.35 bits per heavy atom. The summed E-state index contributed by atoms with van der Waals surface area (Å²) < 4.78 is 0. The van der Waals surface area contributed by atoms with Crippen molar-refractivity contribution < 1.29 is 14.7 Å². The van der Waals surface area contributed by atoms with Gasteiger partial charge in [0.15, 0.2) is 0 Å². The number of aryl methyl sites for hydroxylation is 1. The van der Waals surface area contributed by atoms with Crippen molar-refractivity contribution in [2.24, 2.45) is 11.8 Å². The van der Waals surface area contributed by atoms with Gasteiger partial charge in [-0.3, -0.25) is 14.7 Å². The van der Waals surface area contributed by atoms with Gasteiger partial charge in [-0.15, -0.1) is 0 Å². The number of aliphatic carboxylic acids is 1. The molecule has 7 nitrogen and oxygen atoms in total. The third kappa shape index (κ3) is 3.79. The molecule has 2 rings (SSSR count). The number of carbonyl (C=O) groups is 2. The number of carboxylic acid groups (broad SMARTS) is 1. The predicted octanol–water partition coefficient (Wildman–Crippen LogP) is 0.744. The maximum atomic E-state index is 12.1. The van der Waals surface area contributed by atoms with Crippen LogP contribution in [0.5, 0.6) is 0 Å². The van der Waals surface area contributed by atoms with Gasteiger partial charge in [-0.05, 0) is 19.3 Å². The van der Waals surface area contributed by atoms with Crippen molar-refractivity contribution in [1.82, 2.24) is 20.5 Å². The number of nitrogens with one attached hydrogen (secondary N) is 2. The molecule has 0 aromatic carbocycles. The second-order valence-electron chi connectivity index (χ2n) is 5.16. The zero-order chi connectivity index (χ0) is 14.4. The van der Waals surface area contributed by atoms with E-state index in [1.54, 1.807) is 0 Å². The quantitative estimate of drug-likeness (QED) is 0.666. The molecular formula is C13H20N4O3. The highest BCUT2D eigenvalue weighted by atomic mass is 16.4. The van der Waals surface area contributed by atoms with Crippen molar-refractivity contribution in [1.29, 1.82) is 0 Å². The number of H-pyrrole nitrogens is 1. The van der Waals surface area contributed by atoms with Crippen LogP contribution in [0.25, 0.3) is 0 Å². The highest BCUT2D eigenvalue weighted by Crippen LogP contribution is 2.30. The summed E-state index contributed by atoms with van der Waals surface area (Å²) in [6.07, 6.45) is 6.02. The van der Waals surface area contributed by atoms with Crippen LogP contribution in [-0.2, 0) is 16.0 Å². The van der Waals surface area contributed by atoms with Crippen molar-refractivity contribution in [3.8, 4) is 0 Å². The van der Waals surface area contributed by atoms with E-state index in [9.17, 15) is 9.59 Å². The minimum absolute atomic E-state index is 0.130. The second kappa shape index (κ2) is 7.02. The molecule has 1 amide bonds. The summed E-state index contributed by atoms with van der Waals surface area (Å²) in [5.74, 6) is -1.11. The van der Waals surface area contributed by atoms with Gasteiger partial charge in [0.2, 0.25) is 5.91 Å². The molecule has 0 bridgehead atoms. The number of rotatable bonds is 6. The Hall–Kier alpha value is -1.92. The summed E-state index contributed by atoms with van der Waals surface area (Å²) in [6, 6.07) is 0. The average molecular weight is 280 g/mol. The van der Waals surface area contributed by atoms with Crippen LogP contribution in [0.2, 0.25) is 0 Å². The van der Waals surface area contributed by atoms with Crippen molar-refractivity contribution in [3.05, 3.63) is 12.2 Å². The minimum atomic E-state index is -0.855. The van der Waals surface area contributed by atoms with Crippen LogP contribution in [0.3, 0.4) is 0 Å². The molecule has 0 saturated heterocycles. The van der Waals surface area contributed by atoms with Crippen LogP contribution >= 0.6 is 0 Å². The summed E-state index contributed by atoms with van der Waals surface area (Å²) in [5, 5.41) is 18.5. The van der Waals surface area contributed by atoms with E-state index in [0.29, 0.717) is 25.8 Å². The fourth-order valence-corrected chi connectivity index (χ4v) is 2.69. The topological polar surface area (TPSA) is 108 Å². The van der Waals surface area contributed by atoms with Crippen molar-refractivity contribution in [2.45, 2.75) is 38.5 Å². The first-order valence-corrected chi connectivity index (χ1v) is 7.03. The van der Waals surface area contributed by atoms with Crippen LogP contribution < -0.4 is 5.32 Å². The van der Waals surface area contributed by atoms with Gasteiger partial charge in [-0.25, -0.2) is 4.98 Å². The Bertz CT molecular complexity index is 446. The monoisotopic (exact) mass is 280 g/mol. The summed E-state index contributed by atoms with van der Waals surface area (Å²) in [4.78, 5) is 27.2. The van der Waals surface area contributed by atoms with Crippen molar-refractivity contribution >= 4 is 11.9 Å². The molecule has 1 fully saturated rings. The third-order valence-electron chi connectivity index (χ3n) is 3.77. The Morgan fingerprint density at radius 3 is 2.75 bits per heavy atom. The molecule has 110 valence electrons. The lowest BCUT2D eigenvalue weighted by atomic mass is 9.78. The number of hydrogen-bond acceptors (Lipinski definition) is 4. The first kappa shape index (κ1) is 14.5. The number of aromatic amines is 1. The Labute approximate surface area is 117 Å². The average Bonchev–Trinajstić information content (AvgIpc) is 2.96. The van der Waals surface area contributed by atoms with E-state index in [1.165, 1.54) is 6.33 Å². The molecule has 0 aliphatic heterocycles. The Morgan fingerprint density at radius 2 is 2.10 bits per heavy atom. The predicted molar refractivity (Wildman–Crippen MR) is 70.8 cm³/mol. The van der Waals surface area contributed by atoms with Crippen LogP contribution in [0, 0.1) is 11.8 Å². The van der Waals surface area contributed by atoms with Crippen LogP contribution in [0.15, 0.2) is 6.33 Å². The normalized spacial score (nSPS) is 22.4. The fourth-order valence-electron chi connectivity index (χ4n) is 2.69. The maximum absolute atomic E-state index is 12.1. The lowest BCUT2D eigenvalue weighted by molar-refractivity contribution is -0.148. The van der Waals surface area contributed by atoms with Gasteiger partial charge < -0.3 is 10.4 Å². The molecule has 7 heteroatoms. The first-order chi connectivity index (χ1) is 9.68. The van der Waals surface area contributed by atoms with Gasteiger partial charge in [0.25, 0.3) is 0 Å². The second-order valence-corrected chi connectivity index (χ2v) is 5.16. The van der Waals surface area contributed by atoms with E-state index >= 15 is 0 Å². The largest absolute Gasteiger partial charge is 0.481 e. The smallest absolute Gasteiger partial charge is 0.307 e. The number of carbonyl (C=O) groups excluding carboxylic acids is 1. The van der Waals surface area contributed by atoms with E-state index in [0.717, 1.165) is 25.1 Å². The van der Waals surface area contributed by atoms with Crippen LogP contribution in [-0.4, -0.2) is 38.7 Å². The summed E-state index contributed by atoms with van der Waals surface area (Å²) >= 11 is 0. The van der Waals surface area contributed by atoms with E-state index < -0.39 is 11.9 Å². The molecule has 0 spiro atoms. The minimum Gasteiger partial charge on any atom is -0.481 e. The molecule has 1 aromatic heterocycles. The van der Waals surface area contributed by atoms with E-state index in [-0.39, 0.29) is 11.8 Å². The molecule has 1 aliphatic carbocycles. The van der Waals surface area contributed by atoms with Gasteiger partial charge in [-0.1, -0.05) is 12.8 Å². The molecule has 1 heterocycles. The molecule has 2 atom stereocenters. The number of carboxylic acids is 1. The number of hydrogen-bond donors (Lipinski definition) is 3. The standard InChI is InChI=1S/C13H20N4O3/c18-12(9-4-1-2-5-10(9)13(19)20)14-7-3-6-11-15-8-16-17-11/h8-10H,1-7H2,(H,14,18)(H,19,20)(H,15,16,17)/t9-,10+/m1/s1. The number of nitrogens with zero attached hydrogens (tertiary/aromatic N) is 2. The lowest BCUT2D eigenvalue weighted by Crippen LogP contribution is -2.40. The Kier molecular flexibility index (Phi) is 5.09. The Balaban J connectivity index is 1.74.